The molecule has 2 N–H and O–H groups in total. The summed E-state index contributed by atoms with van der Waals surface area (Å²) < 4.78 is 0. The van der Waals surface area contributed by atoms with Gasteiger partial charge in [0.15, 0.2) is 0 Å². The van der Waals surface area contributed by atoms with Crippen LogP contribution in [0.4, 0.5) is 0 Å². The molecule has 0 saturated carbocycles. The smallest absolute Gasteiger partial charge is 0.265 e. The molecule has 0 bridgehead atoms. The molecule has 0 saturated heterocycles. The molecular formula is C19H21N3O. The van der Waals surface area contributed by atoms with Gasteiger partial charge >= 0.3 is 0 Å². The maximum absolute atomic E-state index is 12.0. The average Bonchev–Trinajstić information content (AvgIpc) is 2.55. The van der Waals surface area contributed by atoms with Gasteiger partial charge in [0.1, 0.15) is 6.04 Å². The third kappa shape index (κ3) is 4.41. The molecule has 1 atom stereocenters. The lowest BCUT2D eigenvalue weighted by Crippen LogP contribution is -2.39. The number of rotatable bonds is 4. The minimum atomic E-state index is -0.600. The fourth-order valence-corrected chi connectivity index (χ4v) is 2.17. The van der Waals surface area contributed by atoms with Crippen molar-refractivity contribution in [3.63, 3.8) is 0 Å². The molecule has 1 amide bonds. The van der Waals surface area contributed by atoms with Gasteiger partial charge in [-0.2, -0.15) is 5.26 Å². The second-order valence-corrected chi connectivity index (χ2v) is 6.40. The number of amides is 1. The van der Waals surface area contributed by atoms with Crippen LogP contribution in [0.15, 0.2) is 54.6 Å². The van der Waals surface area contributed by atoms with E-state index >= 15 is 0 Å². The van der Waals surface area contributed by atoms with Crippen LogP contribution in [-0.4, -0.2) is 5.91 Å². The summed E-state index contributed by atoms with van der Waals surface area (Å²) in [6.45, 7) is 6.42. The van der Waals surface area contributed by atoms with E-state index in [1.165, 1.54) is 5.56 Å². The van der Waals surface area contributed by atoms with E-state index in [2.05, 4.69) is 37.7 Å². The number of hydrogen-bond donors (Lipinski definition) is 2. The third-order valence-corrected chi connectivity index (χ3v) is 3.61. The standard InChI is InChI=1S/C19H21N3O/c1-19(2,3)16-11-9-14(10-12-16)17(13-20)21-22-18(23)15-7-5-4-6-8-15/h4-12,17,21H,1-3H3,(H,22,23)/t17-/m0/s1. The van der Waals surface area contributed by atoms with Crippen LogP contribution in [0.1, 0.15) is 48.3 Å². The summed E-state index contributed by atoms with van der Waals surface area (Å²) in [4.78, 5) is 12.0. The molecule has 0 aliphatic heterocycles. The van der Waals surface area contributed by atoms with Crippen molar-refractivity contribution < 1.29 is 4.79 Å². The predicted molar refractivity (Wildman–Crippen MR) is 90.5 cm³/mol. The topological polar surface area (TPSA) is 64.9 Å². The normalized spacial score (nSPS) is 12.3. The Kier molecular flexibility index (Phi) is 5.15. The molecule has 2 rings (SSSR count). The minimum Gasteiger partial charge on any atom is -0.286 e. The number of carbonyl (C=O) groups excluding carboxylic acids is 1. The largest absolute Gasteiger partial charge is 0.286 e. The molecule has 0 aliphatic carbocycles. The summed E-state index contributed by atoms with van der Waals surface area (Å²) in [6.07, 6.45) is 0. The van der Waals surface area contributed by atoms with Crippen LogP contribution in [0.25, 0.3) is 0 Å². The van der Waals surface area contributed by atoms with Crippen molar-refractivity contribution >= 4 is 5.91 Å². The molecule has 23 heavy (non-hydrogen) atoms. The SMILES string of the molecule is CC(C)(C)c1ccc([C@H](C#N)NNC(=O)c2ccccc2)cc1. The quantitative estimate of drug-likeness (QED) is 0.850. The van der Waals surface area contributed by atoms with Crippen LogP contribution in [0.3, 0.4) is 0 Å². The zero-order valence-electron chi connectivity index (χ0n) is 13.6. The van der Waals surface area contributed by atoms with Crippen molar-refractivity contribution in [3.8, 4) is 6.07 Å². The molecule has 0 aliphatic rings. The van der Waals surface area contributed by atoms with E-state index in [0.717, 1.165) is 5.56 Å². The summed E-state index contributed by atoms with van der Waals surface area (Å²) in [5.74, 6) is -0.267. The number of hydrogen-bond acceptors (Lipinski definition) is 3. The highest BCUT2D eigenvalue weighted by molar-refractivity contribution is 5.93. The van der Waals surface area contributed by atoms with E-state index in [1.54, 1.807) is 24.3 Å². The van der Waals surface area contributed by atoms with Crippen molar-refractivity contribution in [2.75, 3.05) is 0 Å². The fourth-order valence-electron chi connectivity index (χ4n) is 2.17. The highest BCUT2D eigenvalue weighted by atomic mass is 16.2. The first-order valence-corrected chi connectivity index (χ1v) is 7.53. The fraction of sp³-hybridized carbons (Fsp3) is 0.263. The number of hydrazine groups is 1. The zero-order valence-corrected chi connectivity index (χ0v) is 13.6. The Hall–Kier alpha value is -2.64. The van der Waals surface area contributed by atoms with Gasteiger partial charge in [0.05, 0.1) is 6.07 Å². The van der Waals surface area contributed by atoms with Crippen molar-refractivity contribution in [2.24, 2.45) is 0 Å². The second kappa shape index (κ2) is 7.08. The first-order valence-electron chi connectivity index (χ1n) is 7.53. The number of carbonyl (C=O) groups is 1. The number of nitriles is 1. The maximum Gasteiger partial charge on any atom is 0.265 e. The molecule has 0 fully saturated rings. The Labute approximate surface area is 137 Å². The molecule has 0 unspecified atom stereocenters. The van der Waals surface area contributed by atoms with Gasteiger partial charge in [0.25, 0.3) is 5.91 Å². The van der Waals surface area contributed by atoms with Crippen LogP contribution in [-0.2, 0) is 5.41 Å². The Morgan fingerprint density at radius 2 is 1.65 bits per heavy atom. The zero-order chi connectivity index (χ0) is 16.9. The van der Waals surface area contributed by atoms with E-state index in [-0.39, 0.29) is 11.3 Å². The van der Waals surface area contributed by atoms with Gasteiger partial charge in [0, 0.05) is 5.56 Å². The molecule has 118 valence electrons. The third-order valence-electron chi connectivity index (χ3n) is 3.61. The lowest BCUT2D eigenvalue weighted by atomic mass is 9.86. The van der Waals surface area contributed by atoms with Crippen molar-refractivity contribution in [1.29, 1.82) is 5.26 Å². The first kappa shape index (κ1) is 16.7. The van der Waals surface area contributed by atoms with E-state index in [4.69, 9.17) is 0 Å². The Bertz CT molecular complexity index is 694. The summed E-state index contributed by atoms with van der Waals surface area (Å²) in [5, 5.41) is 9.33. The maximum atomic E-state index is 12.0. The van der Waals surface area contributed by atoms with E-state index in [0.29, 0.717) is 5.56 Å². The molecular weight excluding hydrogens is 286 g/mol. The lowest BCUT2D eigenvalue weighted by molar-refractivity contribution is 0.0929. The monoisotopic (exact) mass is 307 g/mol. The van der Waals surface area contributed by atoms with Crippen molar-refractivity contribution in [3.05, 3.63) is 71.3 Å². The minimum absolute atomic E-state index is 0.0651. The van der Waals surface area contributed by atoms with E-state index in [9.17, 15) is 10.1 Å². The van der Waals surface area contributed by atoms with Gasteiger partial charge in [-0.3, -0.25) is 10.2 Å². The summed E-state index contributed by atoms with van der Waals surface area (Å²) in [6, 6.07) is 18.3. The molecule has 2 aromatic carbocycles. The van der Waals surface area contributed by atoms with Crippen molar-refractivity contribution in [1.82, 2.24) is 10.9 Å². The van der Waals surface area contributed by atoms with Gasteiger partial charge in [-0.15, -0.1) is 0 Å². The summed E-state index contributed by atoms with van der Waals surface area (Å²) in [5.41, 5.74) is 7.98. The lowest BCUT2D eigenvalue weighted by Gasteiger charge is -2.20. The molecule has 0 heterocycles. The average molecular weight is 307 g/mol. The first-order chi connectivity index (χ1) is 10.9. The van der Waals surface area contributed by atoms with Gasteiger partial charge in [-0.1, -0.05) is 63.2 Å². The Morgan fingerprint density at radius 1 is 1.04 bits per heavy atom. The molecule has 0 aromatic heterocycles. The van der Waals surface area contributed by atoms with Crippen LogP contribution in [0.2, 0.25) is 0 Å². The summed E-state index contributed by atoms with van der Waals surface area (Å²) in [7, 11) is 0. The van der Waals surface area contributed by atoms with Gasteiger partial charge < -0.3 is 0 Å². The molecule has 0 radical (unpaired) electrons. The van der Waals surface area contributed by atoms with E-state index in [1.807, 2.05) is 30.3 Å². The van der Waals surface area contributed by atoms with Crippen LogP contribution < -0.4 is 10.9 Å². The number of nitrogens with one attached hydrogen (secondary N) is 2. The molecule has 4 heteroatoms. The molecule has 4 nitrogen and oxygen atoms in total. The van der Waals surface area contributed by atoms with Gasteiger partial charge in [-0.05, 0) is 28.7 Å². The summed E-state index contributed by atoms with van der Waals surface area (Å²) >= 11 is 0. The predicted octanol–water partition coefficient (Wildman–Crippen LogP) is 3.48. The second-order valence-electron chi connectivity index (χ2n) is 6.40. The van der Waals surface area contributed by atoms with Crippen LogP contribution >= 0.6 is 0 Å². The number of benzene rings is 2. The van der Waals surface area contributed by atoms with Gasteiger partial charge in [-0.25, -0.2) is 5.43 Å². The van der Waals surface area contributed by atoms with Crippen LogP contribution in [0.5, 0.6) is 0 Å². The Morgan fingerprint density at radius 3 is 2.17 bits per heavy atom. The van der Waals surface area contributed by atoms with Gasteiger partial charge in [0.2, 0.25) is 0 Å². The van der Waals surface area contributed by atoms with E-state index < -0.39 is 6.04 Å². The van der Waals surface area contributed by atoms with Crippen molar-refractivity contribution in [2.45, 2.75) is 32.2 Å². The van der Waals surface area contributed by atoms with Crippen LogP contribution in [0, 0.1) is 11.3 Å². The highest BCUT2D eigenvalue weighted by Gasteiger charge is 2.16. The molecule has 2 aromatic rings. The molecule has 0 spiro atoms. The number of nitrogens with zero attached hydrogens (tertiary/aromatic N) is 1. The Balaban J connectivity index is 2.03. The highest BCUT2D eigenvalue weighted by Crippen LogP contribution is 2.23.